The first-order valence-corrected chi connectivity index (χ1v) is 7.42. The second-order valence-corrected chi connectivity index (χ2v) is 5.82. The van der Waals surface area contributed by atoms with Gasteiger partial charge in [0.15, 0.2) is 0 Å². The smallest absolute Gasteiger partial charge is 0.221 e. The van der Waals surface area contributed by atoms with Crippen LogP contribution in [-0.2, 0) is 17.6 Å². The standard InChI is InChI=1S/C17H17ClN2O/c18-13-6-7-14-11(9-13)5-8-16(14)20-15-4-2-1-3-12(15)10-17(19)21/h1-4,6-7,9,16,20H,5,8,10H2,(H2,19,21). The van der Waals surface area contributed by atoms with E-state index >= 15 is 0 Å². The molecule has 1 amide bonds. The molecule has 4 heteroatoms. The minimum Gasteiger partial charge on any atom is -0.378 e. The number of nitrogens with two attached hydrogens (primary N) is 1. The minimum atomic E-state index is -0.317. The summed E-state index contributed by atoms with van der Waals surface area (Å²) < 4.78 is 0. The zero-order valence-electron chi connectivity index (χ0n) is 11.6. The summed E-state index contributed by atoms with van der Waals surface area (Å²) >= 11 is 6.04. The van der Waals surface area contributed by atoms with Gasteiger partial charge in [0.1, 0.15) is 0 Å². The molecule has 3 rings (SSSR count). The van der Waals surface area contributed by atoms with E-state index in [-0.39, 0.29) is 18.4 Å². The molecule has 0 bridgehead atoms. The van der Waals surface area contributed by atoms with Crippen molar-refractivity contribution in [2.75, 3.05) is 5.32 Å². The molecule has 1 aliphatic rings. The summed E-state index contributed by atoms with van der Waals surface area (Å²) in [6.07, 6.45) is 2.30. The number of nitrogens with one attached hydrogen (secondary N) is 1. The SMILES string of the molecule is NC(=O)Cc1ccccc1NC1CCc2cc(Cl)ccc21. The number of hydrogen-bond acceptors (Lipinski definition) is 2. The van der Waals surface area contributed by atoms with Gasteiger partial charge in [-0.25, -0.2) is 0 Å². The maximum Gasteiger partial charge on any atom is 0.221 e. The van der Waals surface area contributed by atoms with Crippen LogP contribution >= 0.6 is 11.6 Å². The van der Waals surface area contributed by atoms with Crippen molar-refractivity contribution in [3.05, 3.63) is 64.2 Å². The van der Waals surface area contributed by atoms with E-state index in [1.54, 1.807) is 0 Å². The number of hydrogen-bond donors (Lipinski definition) is 2. The summed E-state index contributed by atoms with van der Waals surface area (Å²) in [6, 6.07) is 14.1. The fourth-order valence-electron chi connectivity index (χ4n) is 2.93. The van der Waals surface area contributed by atoms with Gasteiger partial charge >= 0.3 is 0 Å². The van der Waals surface area contributed by atoms with Gasteiger partial charge < -0.3 is 11.1 Å². The highest BCUT2D eigenvalue weighted by molar-refractivity contribution is 6.30. The third kappa shape index (κ3) is 3.03. The van der Waals surface area contributed by atoms with Crippen LogP contribution in [0.15, 0.2) is 42.5 Å². The molecule has 1 atom stereocenters. The lowest BCUT2D eigenvalue weighted by Gasteiger charge is -2.18. The van der Waals surface area contributed by atoms with Gasteiger partial charge in [-0.15, -0.1) is 0 Å². The molecule has 0 aliphatic heterocycles. The molecule has 3 N–H and O–H groups in total. The van der Waals surface area contributed by atoms with Crippen LogP contribution in [0.25, 0.3) is 0 Å². The number of amides is 1. The van der Waals surface area contributed by atoms with Gasteiger partial charge in [0, 0.05) is 10.7 Å². The monoisotopic (exact) mass is 300 g/mol. The summed E-state index contributed by atoms with van der Waals surface area (Å²) in [5.41, 5.74) is 9.81. The Bertz CT molecular complexity index is 684. The maximum absolute atomic E-state index is 11.2. The van der Waals surface area contributed by atoms with Gasteiger partial charge in [-0.1, -0.05) is 35.9 Å². The highest BCUT2D eigenvalue weighted by Crippen LogP contribution is 2.35. The number of fused-ring (bicyclic) bond motifs is 1. The zero-order chi connectivity index (χ0) is 14.8. The Morgan fingerprint density at radius 2 is 2.10 bits per heavy atom. The first-order valence-electron chi connectivity index (χ1n) is 7.04. The van der Waals surface area contributed by atoms with Crippen molar-refractivity contribution in [2.45, 2.75) is 25.3 Å². The van der Waals surface area contributed by atoms with Crippen molar-refractivity contribution in [1.82, 2.24) is 0 Å². The van der Waals surface area contributed by atoms with E-state index in [1.807, 2.05) is 36.4 Å². The van der Waals surface area contributed by atoms with E-state index in [9.17, 15) is 4.79 Å². The van der Waals surface area contributed by atoms with E-state index < -0.39 is 0 Å². The number of carbonyl (C=O) groups excluding carboxylic acids is 1. The molecule has 3 nitrogen and oxygen atoms in total. The van der Waals surface area contributed by atoms with Crippen molar-refractivity contribution < 1.29 is 4.79 Å². The van der Waals surface area contributed by atoms with Crippen LogP contribution in [0.1, 0.15) is 29.2 Å². The van der Waals surface area contributed by atoms with E-state index in [1.165, 1.54) is 11.1 Å². The molecule has 0 spiro atoms. The molecule has 108 valence electrons. The molecule has 2 aromatic rings. The molecule has 0 fully saturated rings. The van der Waals surface area contributed by atoms with E-state index in [4.69, 9.17) is 17.3 Å². The Morgan fingerprint density at radius 3 is 2.90 bits per heavy atom. The molecular weight excluding hydrogens is 284 g/mol. The molecule has 2 aromatic carbocycles. The molecule has 21 heavy (non-hydrogen) atoms. The van der Waals surface area contributed by atoms with Crippen LogP contribution in [0.2, 0.25) is 5.02 Å². The molecule has 1 unspecified atom stereocenters. The molecule has 0 aromatic heterocycles. The first-order chi connectivity index (χ1) is 10.1. The predicted octanol–water partition coefficient (Wildman–Crippen LogP) is 3.47. The van der Waals surface area contributed by atoms with E-state index in [0.29, 0.717) is 0 Å². The highest BCUT2D eigenvalue weighted by Gasteiger charge is 2.23. The number of para-hydroxylation sites is 1. The van der Waals surface area contributed by atoms with Crippen molar-refractivity contribution in [3.63, 3.8) is 0 Å². The third-order valence-corrected chi connectivity index (χ3v) is 4.13. The summed E-state index contributed by atoms with van der Waals surface area (Å²) in [5, 5.41) is 4.32. The molecular formula is C17H17ClN2O. The lowest BCUT2D eigenvalue weighted by atomic mass is 10.1. The van der Waals surface area contributed by atoms with Gasteiger partial charge in [0.05, 0.1) is 12.5 Å². The average molecular weight is 301 g/mol. The van der Waals surface area contributed by atoms with Crippen LogP contribution < -0.4 is 11.1 Å². The van der Waals surface area contributed by atoms with Crippen LogP contribution in [-0.4, -0.2) is 5.91 Å². The van der Waals surface area contributed by atoms with E-state index in [2.05, 4.69) is 11.4 Å². The number of benzene rings is 2. The minimum absolute atomic E-state index is 0.253. The summed E-state index contributed by atoms with van der Waals surface area (Å²) in [4.78, 5) is 11.2. The van der Waals surface area contributed by atoms with Crippen molar-refractivity contribution in [2.24, 2.45) is 5.73 Å². The van der Waals surface area contributed by atoms with Crippen LogP contribution in [0, 0.1) is 0 Å². The van der Waals surface area contributed by atoms with Gasteiger partial charge in [0.25, 0.3) is 0 Å². The molecule has 0 heterocycles. The van der Waals surface area contributed by atoms with Gasteiger partial charge in [-0.2, -0.15) is 0 Å². The summed E-state index contributed by atoms with van der Waals surface area (Å²) in [5.74, 6) is -0.317. The number of anilines is 1. The highest BCUT2D eigenvalue weighted by atomic mass is 35.5. The second-order valence-electron chi connectivity index (χ2n) is 5.38. The predicted molar refractivity (Wildman–Crippen MR) is 85.5 cm³/mol. The topological polar surface area (TPSA) is 55.1 Å². The first kappa shape index (κ1) is 14.0. The zero-order valence-corrected chi connectivity index (χ0v) is 12.4. The molecule has 0 saturated carbocycles. The third-order valence-electron chi connectivity index (χ3n) is 3.89. The maximum atomic E-state index is 11.2. The van der Waals surface area contributed by atoms with Crippen LogP contribution in [0.4, 0.5) is 5.69 Å². The van der Waals surface area contributed by atoms with Crippen LogP contribution in [0.3, 0.4) is 0 Å². The lowest BCUT2D eigenvalue weighted by Crippen LogP contribution is -2.16. The van der Waals surface area contributed by atoms with Crippen molar-refractivity contribution in [3.8, 4) is 0 Å². The number of aryl methyl sites for hydroxylation is 1. The van der Waals surface area contributed by atoms with Gasteiger partial charge in [0.2, 0.25) is 5.91 Å². The van der Waals surface area contributed by atoms with Gasteiger partial charge in [-0.05, 0) is 47.7 Å². The second kappa shape index (κ2) is 5.78. The van der Waals surface area contributed by atoms with Crippen molar-refractivity contribution in [1.29, 1.82) is 0 Å². The Hall–Kier alpha value is -2.00. The molecule has 1 aliphatic carbocycles. The number of carbonyl (C=O) groups is 1. The van der Waals surface area contributed by atoms with E-state index in [0.717, 1.165) is 29.1 Å². The molecule has 0 radical (unpaired) electrons. The Balaban J connectivity index is 1.85. The lowest BCUT2D eigenvalue weighted by molar-refractivity contribution is -0.117. The largest absolute Gasteiger partial charge is 0.378 e. The van der Waals surface area contributed by atoms with Crippen molar-refractivity contribution >= 4 is 23.2 Å². The number of halogens is 1. The fourth-order valence-corrected chi connectivity index (χ4v) is 3.12. The molecule has 0 saturated heterocycles. The van der Waals surface area contributed by atoms with Gasteiger partial charge in [-0.3, -0.25) is 4.79 Å². The Morgan fingerprint density at radius 1 is 1.29 bits per heavy atom. The number of primary amides is 1. The Labute approximate surface area is 129 Å². The van der Waals surface area contributed by atoms with Crippen LogP contribution in [0.5, 0.6) is 0 Å². The fraction of sp³-hybridized carbons (Fsp3) is 0.235. The average Bonchev–Trinajstić information content (AvgIpc) is 2.83. The quantitative estimate of drug-likeness (QED) is 0.908. The summed E-state index contributed by atoms with van der Waals surface area (Å²) in [7, 11) is 0. The summed E-state index contributed by atoms with van der Waals surface area (Å²) in [6.45, 7) is 0. The Kier molecular flexibility index (Phi) is 3.84. The number of rotatable bonds is 4. The normalized spacial score (nSPS) is 16.5.